The van der Waals surface area contributed by atoms with Crippen LogP contribution in [0.25, 0.3) is 0 Å². The average molecular weight is 363 g/mol. The van der Waals surface area contributed by atoms with Crippen LogP contribution in [0.15, 0.2) is 36.4 Å². The molecule has 0 unspecified atom stereocenters. The fourth-order valence-corrected chi connectivity index (χ4v) is 2.49. The molecule has 0 aliphatic heterocycles. The maximum atomic E-state index is 12.3. The Morgan fingerprint density at radius 3 is 2.20 bits per heavy atom. The van der Waals surface area contributed by atoms with E-state index in [2.05, 4.69) is 10.6 Å². The van der Waals surface area contributed by atoms with Crippen LogP contribution >= 0.6 is 11.6 Å². The van der Waals surface area contributed by atoms with E-state index in [0.29, 0.717) is 27.9 Å². The molecule has 0 radical (unpaired) electrons. The van der Waals surface area contributed by atoms with Crippen LogP contribution in [0, 0.1) is 0 Å². The standard InChI is InChI=1S/C18H19ClN2O4/c1-11(22)20-13-6-4-12(5-7-13)8-18(23)21-15-9-14(19)16(24-2)10-17(15)25-3/h4-7,9-10H,8H2,1-3H3,(H,20,22)(H,21,23). The Balaban J connectivity index is 2.07. The van der Waals surface area contributed by atoms with Gasteiger partial charge in [-0.25, -0.2) is 0 Å². The van der Waals surface area contributed by atoms with Gasteiger partial charge in [-0.2, -0.15) is 0 Å². The van der Waals surface area contributed by atoms with Gasteiger partial charge in [0.2, 0.25) is 11.8 Å². The monoisotopic (exact) mass is 362 g/mol. The van der Waals surface area contributed by atoms with E-state index in [4.69, 9.17) is 21.1 Å². The number of benzene rings is 2. The van der Waals surface area contributed by atoms with Gasteiger partial charge in [0.1, 0.15) is 11.5 Å². The summed E-state index contributed by atoms with van der Waals surface area (Å²) in [5.41, 5.74) is 1.96. The van der Waals surface area contributed by atoms with Gasteiger partial charge in [-0.15, -0.1) is 0 Å². The van der Waals surface area contributed by atoms with Crippen LogP contribution in [-0.2, 0) is 16.0 Å². The fourth-order valence-electron chi connectivity index (χ4n) is 2.25. The van der Waals surface area contributed by atoms with Crippen molar-refractivity contribution >= 4 is 34.8 Å². The number of carbonyl (C=O) groups excluding carboxylic acids is 2. The molecule has 2 aromatic rings. The molecule has 2 amide bonds. The summed E-state index contributed by atoms with van der Waals surface area (Å²) < 4.78 is 10.4. The van der Waals surface area contributed by atoms with Crippen molar-refractivity contribution in [3.63, 3.8) is 0 Å². The first-order valence-electron chi connectivity index (χ1n) is 7.51. The molecule has 2 rings (SSSR count). The van der Waals surface area contributed by atoms with Crippen molar-refractivity contribution in [1.82, 2.24) is 0 Å². The van der Waals surface area contributed by atoms with Crippen LogP contribution in [0.4, 0.5) is 11.4 Å². The number of anilines is 2. The van der Waals surface area contributed by atoms with Crippen molar-refractivity contribution in [2.75, 3.05) is 24.9 Å². The number of halogens is 1. The lowest BCUT2D eigenvalue weighted by molar-refractivity contribution is -0.116. The quantitative estimate of drug-likeness (QED) is 0.824. The highest BCUT2D eigenvalue weighted by Crippen LogP contribution is 2.35. The first kappa shape index (κ1) is 18.6. The normalized spacial score (nSPS) is 10.1. The second-order valence-corrected chi connectivity index (χ2v) is 5.70. The minimum absolute atomic E-state index is 0.144. The first-order chi connectivity index (χ1) is 11.9. The van der Waals surface area contributed by atoms with Crippen LogP contribution in [0.1, 0.15) is 12.5 Å². The summed E-state index contributed by atoms with van der Waals surface area (Å²) in [4.78, 5) is 23.3. The summed E-state index contributed by atoms with van der Waals surface area (Å²) in [6.45, 7) is 1.44. The molecule has 0 fully saturated rings. The Labute approximate surface area is 151 Å². The van der Waals surface area contributed by atoms with Crippen LogP contribution < -0.4 is 20.1 Å². The highest BCUT2D eigenvalue weighted by molar-refractivity contribution is 6.32. The van der Waals surface area contributed by atoms with Crippen LogP contribution in [-0.4, -0.2) is 26.0 Å². The van der Waals surface area contributed by atoms with E-state index in [0.717, 1.165) is 5.56 Å². The molecule has 0 aromatic heterocycles. The van der Waals surface area contributed by atoms with Crippen molar-refractivity contribution in [3.8, 4) is 11.5 Å². The summed E-state index contributed by atoms with van der Waals surface area (Å²) >= 11 is 6.09. The van der Waals surface area contributed by atoms with Gasteiger partial charge in [0.25, 0.3) is 0 Å². The van der Waals surface area contributed by atoms with Crippen molar-refractivity contribution in [1.29, 1.82) is 0 Å². The maximum Gasteiger partial charge on any atom is 0.228 e. The fraction of sp³-hybridized carbons (Fsp3) is 0.222. The van der Waals surface area contributed by atoms with Crippen molar-refractivity contribution in [2.45, 2.75) is 13.3 Å². The Bertz CT molecular complexity index is 775. The molecule has 0 atom stereocenters. The Morgan fingerprint density at radius 2 is 1.64 bits per heavy atom. The molecular weight excluding hydrogens is 344 g/mol. The molecule has 0 spiro atoms. The van der Waals surface area contributed by atoms with Gasteiger partial charge in [0.05, 0.1) is 31.4 Å². The second kappa shape index (κ2) is 8.39. The lowest BCUT2D eigenvalue weighted by atomic mass is 10.1. The van der Waals surface area contributed by atoms with Crippen LogP contribution in [0.2, 0.25) is 5.02 Å². The lowest BCUT2D eigenvalue weighted by Gasteiger charge is -2.13. The predicted molar refractivity (Wildman–Crippen MR) is 97.6 cm³/mol. The number of carbonyl (C=O) groups is 2. The van der Waals surface area contributed by atoms with Gasteiger partial charge in [0.15, 0.2) is 0 Å². The van der Waals surface area contributed by atoms with E-state index in [-0.39, 0.29) is 18.2 Å². The smallest absolute Gasteiger partial charge is 0.228 e. The molecule has 0 aliphatic rings. The average Bonchev–Trinajstić information content (AvgIpc) is 2.56. The SMILES string of the molecule is COc1cc(OC)c(NC(=O)Cc2ccc(NC(C)=O)cc2)cc1Cl. The Kier molecular flexibility index (Phi) is 6.25. The summed E-state index contributed by atoms with van der Waals surface area (Å²) in [5, 5.41) is 5.82. The van der Waals surface area contributed by atoms with Crippen molar-refractivity contribution in [3.05, 3.63) is 47.0 Å². The molecule has 0 saturated heterocycles. The summed E-state index contributed by atoms with van der Waals surface area (Å²) in [6, 6.07) is 10.2. The number of amides is 2. The largest absolute Gasteiger partial charge is 0.495 e. The van der Waals surface area contributed by atoms with E-state index in [1.54, 1.807) is 36.4 Å². The van der Waals surface area contributed by atoms with E-state index in [1.165, 1.54) is 21.1 Å². The predicted octanol–water partition coefficient (Wildman–Crippen LogP) is 3.50. The maximum absolute atomic E-state index is 12.3. The van der Waals surface area contributed by atoms with Gasteiger partial charge in [-0.1, -0.05) is 23.7 Å². The van der Waals surface area contributed by atoms with E-state index in [9.17, 15) is 9.59 Å². The zero-order chi connectivity index (χ0) is 18.4. The third-order valence-electron chi connectivity index (χ3n) is 3.39. The molecule has 2 aromatic carbocycles. The number of hydrogen-bond acceptors (Lipinski definition) is 4. The van der Waals surface area contributed by atoms with Crippen molar-refractivity contribution in [2.24, 2.45) is 0 Å². The zero-order valence-corrected chi connectivity index (χ0v) is 14.9. The molecular formula is C18H19ClN2O4. The third-order valence-corrected chi connectivity index (χ3v) is 3.68. The molecule has 0 bridgehead atoms. The Morgan fingerprint density at radius 1 is 1.00 bits per heavy atom. The number of hydrogen-bond donors (Lipinski definition) is 2. The van der Waals surface area contributed by atoms with Gasteiger partial charge < -0.3 is 20.1 Å². The Hall–Kier alpha value is -2.73. The number of methoxy groups -OCH3 is 2. The molecule has 0 saturated carbocycles. The van der Waals surface area contributed by atoms with E-state index >= 15 is 0 Å². The topological polar surface area (TPSA) is 76.7 Å². The number of ether oxygens (including phenoxy) is 2. The van der Waals surface area contributed by atoms with Gasteiger partial charge in [-0.05, 0) is 23.8 Å². The zero-order valence-electron chi connectivity index (χ0n) is 14.2. The van der Waals surface area contributed by atoms with Gasteiger partial charge >= 0.3 is 0 Å². The second-order valence-electron chi connectivity index (χ2n) is 5.29. The molecule has 7 heteroatoms. The first-order valence-corrected chi connectivity index (χ1v) is 7.88. The summed E-state index contributed by atoms with van der Waals surface area (Å²) in [6.07, 6.45) is 0.174. The highest BCUT2D eigenvalue weighted by Gasteiger charge is 2.13. The van der Waals surface area contributed by atoms with E-state index < -0.39 is 0 Å². The molecule has 0 aliphatic carbocycles. The molecule has 25 heavy (non-hydrogen) atoms. The molecule has 6 nitrogen and oxygen atoms in total. The van der Waals surface area contributed by atoms with Gasteiger partial charge in [0, 0.05) is 18.7 Å². The highest BCUT2D eigenvalue weighted by atomic mass is 35.5. The molecule has 132 valence electrons. The molecule has 0 heterocycles. The van der Waals surface area contributed by atoms with Crippen LogP contribution in [0.3, 0.4) is 0 Å². The summed E-state index contributed by atoms with van der Waals surface area (Å²) in [5.74, 6) is 0.557. The minimum atomic E-state index is -0.216. The van der Waals surface area contributed by atoms with Crippen LogP contribution in [0.5, 0.6) is 11.5 Å². The lowest BCUT2D eigenvalue weighted by Crippen LogP contribution is -2.15. The number of rotatable bonds is 6. The molecule has 2 N–H and O–H groups in total. The third kappa shape index (κ3) is 5.12. The summed E-state index contributed by atoms with van der Waals surface area (Å²) in [7, 11) is 3.00. The van der Waals surface area contributed by atoms with Crippen molar-refractivity contribution < 1.29 is 19.1 Å². The van der Waals surface area contributed by atoms with Gasteiger partial charge in [-0.3, -0.25) is 9.59 Å². The minimum Gasteiger partial charge on any atom is -0.495 e. The van der Waals surface area contributed by atoms with E-state index in [1.807, 2.05) is 0 Å². The number of nitrogens with one attached hydrogen (secondary N) is 2.